The predicted octanol–water partition coefficient (Wildman–Crippen LogP) is 0.594. The molecule has 17 heavy (non-hydrogen) atoms. The fourth-order valence-corrected chi connectivity index (χ4v) is 2.62. The molecule has 1 saturated carbocycles. The van der Waals surface area contributed by atoms with E-state index >= 15 is 0 Å². The maximum absolute atomic E-state index is 12.5. The highest BCUT2D eigenvalue weighted by Crippen LogP contribution is 2.32. The van der Waals surface area contributed by atoms with Gasteiger partial charge in [-0.3, -0.25) is 9.59 Å². The van der Waals surface area contributed by atoms with E-state index in [1.165, 1.54) is 0 Å². The predicted molar refractivity (Wildman–Crippen MR) is 62.6 cm³/mol. The molecule has 0 bridgehead atoms. The van der Waals surface area contributed by atoms with Gasteiger partial charge in [-0.1, -0.05) is 6.92 Å². The molecule has 0 aromatic rings. The van der Waals surface area contributed by atoms with Gasteiger partial charge in [-0.25, -0.2) is 0 Å². The van der Waals surface area contributed by atoms with E-state index in [1.54, 1.807) is 4.90 Å². The second-order valence-corrected chi connectivity index (χ2v) is 5.02. The van der Waals surface area contributed by atoms with E-state index < -0.39 is 11.5 Å². The van der Waals surface area contributed by atoms with Gasteiger partial charge in [-0.15, -0.1) is 0 Å². The minimum absolute atomic E-state index is 0.0117. The Kier molecular flexibility index (Phi) is 3.38. The molecule has 0 aromatic heterocycles. The molecule has 0 spiro atoms. The smallest absolute Gasteiger partial charge is 0.323 e. The number of rotatable bonds is 5. The molecule has 0 aromatic carbocycles. The average molecular weight is 240 g/mol. The SMILES string of the molecule is CCC1(C(=O)N(CC(=O)O)C2CC2)CCCN1. The maximum Gasteiger partial charge on any atom is 0.323 e. The molecule has 2 rings (SSSR count). The van der Waals surface area contributed by atoms with Gasteiger partial charge in [0, 0.05) is 6.04 Å². The molecule has 0 radical (unpaired) electrons. The average Bonchev–Trinajstić information content (AvgIpc) is 3.02. The number of carboxylic acid groups (broad SMARTS) is 1. The van der Waals surface area contributed by atoms with Crippen LogP contribution in [-0.2, 0) is 9.59 Å². The minimum Gasteiger partial charge on any atom is -0.480 e. The first kappa shape index (κ1) is 12.4. The lowest BCUT2D eigenvalue weighted by Crippen LogP contribution is -2.56. The number of aliphatic carboxylic acids is 1. The van der Waals surface area contributed by atoms with Gasteiger partial charge in [0.15, 0.2) is 0 Å². The van der Waals surface area contributed by atoms with Crippen molar-refractivity contribution >= 4 is 11.9 Å². The van der Waals surface area contributed by atoms with E-state index in [4.69, 9.17) is 5.11 Å². The van der Waals surface area contributed by atoms with Crippen LogP contribution in [0.25, 0.3) is 0 Å². The van der Waals surface area contributed by atoms with E-state index in [-0.39, 0.29) is 18.5 Å². The number of nitrogens with zero attached hydrogens (tertiary/aromatic N) is 1. The second-order valence-electron chi connectivity index (χ2n) is 5.02. The van der Waals surface area contributed by atoms with Crippen LogP contribution in [0.4, 0.5) is 0 Å². The Balaban J connectivity index is 2.11. The van der Waals surface area contributed by atoms with Gasteiger partial charge in [0.1, 0.15) is 6.54 Å². The zero-order chi connectivity index (χ0) is 12.5. The minimum atomic E-state index is -0.922. The highest BCUT2D eigenvalue weighted by Gasteiger charge is 2.46. The summed E-state index contributed by atoms with van der Waals surface area (Å²) in [6.07, 6.45) is 4.43. The molecule has 1 amide bonds. The first-order chi connectivity index (χ1) is 8.09. The van der Waals surface area contributed by atoms with Gasteiger partial charge in [-0.05, 0) is 38.6 Å². The highest BCUT2D eigenvalue weighted by atomic mass is 16.4. The number of amides is 1. The largest absolute Gasteiger partial charge is 0.480 e. The standard InChI is InChI=1S/C12H20N2O3/c1-2-12(6-3-7-13-12)11(17)14(8-10(15)16)9-4-5-9/h9,13H,2-8H2,1H3,(H,15,16). The number of carbonyl (C=O) groups excluding carboxylic acids is 1. The van der Waals surface area contributed by atoms with Crippen LogP contribution in [-0.4, -0.2) is 46.6 Å². The summed E-state index contributed by atoms with van der Waals surface area (Å²) in [6.45, 7) is 2.68. The van der Waals surface area contributed by atoms with Crippen molar-refractivity contribution in [2.75, 3.05) is 13.1 Å². The molecule has 96 valence electrons. The summed E-state index contributed by atoms with van der Waals surface area (Å²) in [5, 5.41) is 12.2. The van der Waals surface area contributed by atoms with Crippen LogP contribution < -0.4 is 5.32 Å². The lowest BCUT2D eigenvalue weighted by Gasteiger charge is -2.33. The summed E-state index contributed by atoms with van der Waals surface area (Å²) < 4.78 is 0. The van der Waals surface area contributed by atoms with Crippen LogP contribution in [0.1, 0.15) is 39.0 Å². The first-order valence-corrected chi connectivity index (χ1v) is 6.37. The lowest BCUT2D eigenvalue weighted by molar-refractivity contribution is -0.148. The number of nitrogens with one attached hydrogen (secondary N) is 1. The molecule has 1 heterocycles. The molecular formula is C12H20N2O3. The lowest BCUT2D eigenvalue weighted by atomic mass is 9.92. The van der Waals surface area contributed by atoms with Crippen molar-refractivity contribution in [3.63, 3.8) is 0 Å². The Labute approximate surface area is 101 Å². The van der Waals surface area contributed by atoms with Gasteiger partial charge in [0.25, 0.3) is 0 Å². The molecule has 1 unspecified atom stereocenters. The topological polar surface area (TPSA) is 69.6 Å². The fraction of sp³-hybridized carbons (Fsp3) is 0.833. The van der Waals surface area contributed by atoms with Crippen LogP contribution in [0, 0.1) is 0 Å². The zero-order valence-electron chi connectivity index (χ0n) is 10.2. The van der Waals surface area contributed by atoms with E-state index in [0.717, 1.165) is 38.6 Å². The maximum atomic E-state index is 12.5. The Hall–Kier alpha value is -1.10. The van der Waals surface area contributed by atoms with Crippen molar-refractivity contribution in [1.29, 1.82) is 0 Å². The Morgan fingerprint density at radius 3 is 2.59 bits per heavy atom. The number of carbonyl (C=O) groups is 2. The Morgan fingerprint density at radius 1 is 1.47 bits per heavy atom. The molecule has 5 nitrogen and oxygen atoms in total. The van der Waals surface area contributed by atoms with Crippen molar-refractivity contribution in [1.82, 2.24) is 10.2 Å². The highest BCUT2D eigenvalue weighted by molar-refractivity contribution is 5.89. The summed E-state index contributed by atoms with van der Waals surface area (Å²) >= 11 is 0. The van der Waals surface area contributed by atoms with Gasteiger partial charge in [-0.2, -0.15) is 0 Å². The van der Waals surface area contributed by atoms with Crippen LogP contribution in [0.5, 0.6) is 0 Å². The molecule has 1 aliphatic carbocycles. The molecule has 1 aliphatic heterocycles. The molecule has 2 N–H and O–H groups in total. The third-order valence-corrected chi connectivity index (χ3v) is 3.81. The van der Waals surface area contributed by atoms with E-state index in [0.29, 0.717) is 0 Å². The molecule has 2 fully saturated rings. The van der Waals surface area contributed by atoms with Crippen molar-refractivity contribution in [3.8, 4) is 0 Å². The Morgan fingerprint density at radius 2 is 2.18 bits per heavy atom. The summed E-state index contributed by atoms with van der Waals surface area (Å²) in [6, 6.07) is 0.157. The van der Waals surface area contributed by atoms with Gasteiger partial charge in [0.2, 0.25) is 5.91 Å². The van der Waals surface area contributed by atoms with Crippen LogP contribution in [0.3, 0.4) is 0 Å². The molecule has 1 saturated heterocycles. The fourth-order valence-electron chi connectivity index (χ4n) is 2.62. The molecule has 1 atom stereocenters. The van der Waals surface area contributed by atoms with Gasteiger partial charge in [0.05, 0.1) is 5.54 Å². The summed E-state index contributed by atoms with van der Waals surface area (Å²) in [5.74, 6) is -0.933. The molecular weight excluding hydrogens is 220 g/mol. The van der Waals surface area contributed by atoms with Crippen LogP contribution >= 0.6 is 0 Å². The Bertz CT molecular complexity index is 320. The second kappa shape index (κ2) is 4.64. The summed E-state index contributed by atoms with van der Waals surface area (Å²) in [4.78, 5) is 24.9. The zero-order valence-corrected chi connectivity index (χ0v) is 10.2. The number of hydrogen-bond acceptors (Lipinski definition) is 3. The van der Waals surface area contributed by atoms with Crippen molar-refractivity contribution in [3.05, 3.63) is 0 Å². The van der Waals surface area contributed by atoms with Crippen LogP contribution in [0.15, 0.2) is 0 Å². The normalized spacial score (nSPS) is 28.1. The van der Waals surface area contributed by atoms with Crippen molar-refractivity contribution in [2.45, 2.75) is 50.6 Å². The quantitative estimate of drug-likeness (QED) is 0.738. The number of hydrogen-bond donors (Lipinski definition) is 2. The number of carboxylic acids is 1. The van der Waals surface area contributed by atoms with E-state index in [1.807, 2.05) is 6.92 Å². The first-order valence-electron chi connectivity index (χ1n) is 6.37. The summed E-state index contributed by atoms with van der Waals surface area (Å²) in [7, 11) is 0. The van der Waals surface area contributed by atoms with Gasteiger partial charge < -0.3 is 15.3 Å². The van der Waals surface area contributed by atoms with E-state index in [9.17, 15) is 9.59 Å². The monoisotopic (exact) mass is 240 g/mol. The van der Waals surface area contributed by atoms with Crippen molar-refractivity contribution in [2.24, 2.45) is 0 Å². The van der Waals surface area contributed by atoms with E-state index in [2.05, 4.69) is 5.32 Å². The summed E-state index contributed by atoms with van der Waals surface area (Å²) in [5.41, 5.74) is -0.502. The molecule has 2 aliphatic rings. The third-order valence-electron chi connectivity index (χ3n) is 3.81. The third kappa shape index (κ3) is 2.44. The van der Waals surface area contributed by atoms with Gasteiger partial charge >= 0.3 is 5.97 Å². The van der Waals surface area contributed by atoms with Crippen LogP contribution in [0.2, 0.25) is 0 Å². The molecule has 5 heteroatoms. The van der Waals surface area contributed by atoms with Crippen molar-refractivity contribution < 1.29 is 14.7 Å².